The van der Waals surface area contributed by atoms with E-state index in [0.29, 0.717) is 23.3 Å². The van der Waals surface area contributed by atoms with Crippen molar-refractivity contribution in [1.82, 2.24) is 9.55 Å². The molecule has 0 saturated heterocycles. The minimum absolute atomic E-state index is 0. The van der Waals surface area contributed by atoms with Gasteiger partial charge in [0.15, 0.2) is 0 Å². The zero-order chi connectivity index (χ0) is 51.9. The van der Waals surface area contributed by atoms with E-state index in [-0.39, 0.29) is 37.3 Å². The third-order valence-corrected chi connectivity index (χ3v) is 21.7. The largest absolute Gasteiger partial charge is 0.509 e. The van der Waals surface area contributed by atoms with Crippen molar-refractivity contribution >= 4 is 71.1 Å². The predicted molar refractivity (Wildman–Crippen MR) is 317 cm³/mol. The summed E-state index contributed by atoms with van der Waals surface area (Å²) in [5.74, 6) is 5.21. The zero-order valence-electron chi connectivity index (χ0n) is 46.6. The van der Waals surface area contributed by atoms with Crippen molar-refractivity contribution in [1.29, 1.82) is 0 Å². The van der Waals surface area contributed by atoms with Crippen LogP contribution in [0.4, 0.5) is 22.7 Å². The summed E-state index contributed by atoms with van der Waals surface area (Å²) in [5, 5.41) is 5.32. The van der Waals surface area contributed by atoms with Crippen LogP contribution in [0, 0.1) is 49.4 Å². The molecule has 3 heterocycles. The van der Waals surface area contributed by atoms with Crippen LogP contribution in [0.1, 0.15) is 101 Å². The van der Waals surface area contributed by atoms with Gasteiger partial charge in [0.05, 0.1) is 16.1 Å². The molecular formula is C67H75N4OPtSi2-3. The molecule has 8 aromatic rings. The maximum atomic E-state index is 7.09. The summed E-state index contributed by atoms with van der Waals surface area (Å²) in [5.41, 5.74) is 13.2. The van der Waals surface area contributed by atoms with Gasteiger partial charge in [-0.3, -0.25) is 0 Å². The summed E-state index contributed by atoms with van der Waals surface area (Å²) in [6, 6.07) is 53.8. The fraction of sp³-hybridized carbons (Fsp3) is 0.373. The quantitative estimate of drug-likeness (QED) is 0.107. The SMILES string of the molecule is Cc1ccc(C2(c3ccnc(-n4c5[c-]c(Oc6[c-]c(N7[CH-]N(c8c([Si](C)(C)C)cccc8[Si](C)(C)C)c8ccccc87)cc(C(C)(C)C)c6)ccc5c5cc(C(C)(C)C)ccc54)c3)C3CC4CC(C3)CC2C4)cc1.[Pt]. The first-order valence-electron chi connectivity index (χ1n) is 27.5. The molecule has 2 aromatic heterocycles. The molecule has 0 N–H and O–H groups in total. The van der Waals surface area contributed by atoms with Gasteiger partial charge in [-0.15, -0.1) is 53.6 Å². The van der Waals surface area contributed by atoms with Crippen LogP contribution < -0.4 is 24.9 Å². The van der Waals surface area contributed by atoms with Crippen LogP contribution >= 0.6 is 0 Å². The van der Waals surface area contributed by atoms with E-state index in [4.69, 9.17) is 9.72 Å². The van der Waals surface area contributed by atoms with Crippen LogP contribution in [0.3, 0.4) is 0 Å². The molecule has 5 nitrogen and oxygen atoms in total. The minimum atomic E-state index is -1.76. The first-order chi connectivity index (χ1) is 35.1. The molecule has 5 aliphatic rings. The number of nitrogens with zero attached hydrogens (tertiary/aromatic N) is 4. The molecule has 4 aliphatic carbocycles. The van der Waals surface area contributed by atoms with Crippen LogP contribution in [-0.2, 0) is 37.3 Å². The second kappa shape index (κ2) is 18.5. The Bertz CT molecular complexity index is 3430. The topological polar surface area (TPSA) is 33.5 Å². The maximum absolute atomic E-state index is 7.09. The summed E-state index contributed by atoms with van der Waals surface area (Å²) in [4.78, 5) is 10.1. The number of benzene rings is 6. The van der Waals surface area contributed by atoms with Gasteiger partial charge in [-0.25, -0.2) is 4.98 Å². The molecule has 75 heavy (non-hydrogen) atoms. The van der Waals surface area contributed by atoms with Gasteiger partial charge in [-0.05, 0) is 136 Å². The third-order valence-electron chi connectivity index (χ3n) is 17.6. The molecule has 1 aliphatic heterocycles. The first kappa shape index (κ1) is 51.9. The molecule has 6 aromatic carbocycles. The second-order valence-corrected chi connectivity index (χ2v) is 36.9. The standard InChI is InChI=1S/C67H75N4OSi2.Pt/c1-43-21-23-46(24-22-43)67(50-32-44-31-45(34-50)35-51(67)33-44)48-29-30-68-63(39-48)71-57-28-25-47(65(2,3)4)38-56(57)55-27-26-53(41-60(55)71)72-54-37-49(66(5,6)7)36-52(40-54)69-42-70(59-18-15-14-17-58(59)69)64-61(73(8,9)10)19-16-20-62(64)74(11,12)13;/h14-30,36-39,42,44-45,50-51H,31-35H2,1-13H3;/q-3;. The van der Waals surface area contributed by atoms with Gasteiger partial charge in [0.25, 0.3) is 0 Å². The number of hydrogen-bond acceptors (Lipinski definition) is 4. The van der Waals surface area contributed by atoms with E-state index >= 15 is 0 Å². The number of rotatable bonds is 9. The first-order valence-corrected chi connectivity index (χ1v) is 34.5. The molecule has 13 rings (SSSR count). The summed E-state index contributed by atoms with van der Waals surface area (Å²) in [7, 11) is -3.53. The molecule has 0 radical (unpaired) electrons. The molecule has 390 valence electrons. The Morgan fingerprint density at radius 2 is 1.23 bits per heavy atom. The van der Waals surface area contributed by atoms with Crippen molar-refractivity contribution in [3.8, 4) is 17.3 Å². The fourth-order valence-corrected chi connectivity index (χ4v) is 17.4. The van der Waals surface area contributed by atoms with E-state index in [1.54, 1.807) is 0 Å². The monoisotopic (exact) mass is 1200 g/mol. The van der Waals surface area contributed by atoms with Crippen molar-refractivity contribution in [3.05, 3.63) is 174 Å². The van der Waals surface area contributed by atoms with Crippen molar-refractivity contribution < 1.29 is 25.8 Å². The molecule has 4 saturated carbocycles. The van der Waals surface area contributed by atoms with E-state index in [1.165, 1.54) is 87.1 Å². The Labute approximate surface area is 464 Å². The number of ether oxygens (including phenoxy) is 1. The van der Waals surface area contributed by atoms with E-state index in [1.807, 2.05) is 0 Å². The maximum Gasteiger partial charge on any atom is 0.135 e. The van der Waals surface area contributed by atoms with Gasteiger partial charge in [0.1, 0.15) is 5.82 Å². The van der Waals surface area contributed by atoms with Gasteiger partial charge in [-0.2, -0.15) is 6.07 Å². The van der Waals surface area contributed by atoms with Crippen LogP contribution in [0.5, 0.6) is 11.5 Å². The summed E-state index contributed by atoms with van der Waals surface area (Å²) in [6.45, 7) is 33.1. The molecule has 8 heteroatoms. The number of para-hydroxylation sites is 3. The summed E-state index contributed by atoms with van der Waals surface area (Å²) in [6.07, 6.45) is 8.79. The Balaban J connectivity index is 0.00000602. The van der Waals surface area contributed by atoms with E-state index in [9.17, 15) is 0 Å². The molecule has 0 atom stereocenters. The zero-order valence-corrected chi connectivity index (χ0v) is 50.8. The average Bonchev–Trinajstić information content (AvgIpc) is 3.90. The molecule has 0 spiro atoms. The normalized spacial score (nSPS) is 21.5. The fourth-order valence-electron chi connectivity index (χ4n) is 14.1. The number of aryl methyl sites for hydroxylation is 1. The number of pyridine rings is 1. The number of aromatic nitrogens is 2. The number of anilines is 4. The van der Waals surface area contributed by atoms with Gasteiger partial charge >= 0.3 is 0 Å². The van der Waals surface area contributed by atoms with Crippen LogP contribution in [0.25, 0.3) is 27.6 Å². The number of fused-ring (bicyclic) bond motifs is 4. The second-order valence-electron chi connectivity index (χ2n) is 26.9. The van der Waals surface area contributed by atoms with E-state index < -0.39 is 16.1 Å². The van der Waals surface area contributed by atoms with Gasteiger partial charge < -0.3 is 19.1 Å². The van der Waals surface area contributed by atoms with Crippen LogP contribution in [0.2, 0.25) is 39.3 Å². The smallest absolute Gasteiger partial charge is 0.135 e. The van der Waals surface area contributed by atoms with Gasteiger partial charge in [0, 0.05) is 66.8 Å². The van der Waals surface area contributed by atoms with E-state index in [0.717, 1.165) is 45.4 Å². The Morgan fingerprint density at radius 3 is 1.84 bits per heavy atom. The van der Waals surface area contributed by atoms with Crippen LogP contribution in [-0.4, -0.2) is 25.7 Å². The summed E-state index contributed by atoms with van der Waals surface area (Å²) < 4.78 is 9.46. The van der Waals surface area contributed by atoms with Crippen LogP contribution in [0.15, 0.2) is 128 Å². The Morgan fingerprint density at radius 1 is 0.600 bits per heavy atom. The molecule has 4 bridgehead atoms. The van der Waals surface area contributed by atoms with Gasteiger partial charge in [-0.1, -0.05) is 159 Å². The summed E-state index contributed by atoms with van der Waals surface area (Å²) >= 11 is 0. The Hall–Kier alpha value is -5.21. The van der Waals surface area contributed by atoms with E-state index in [2.05, 4.69) is 248 Å². The van der Waals surface area contributed by atoms with Crippen molar-refractivity contribution in [3.63, 3.8) is 0 Å². The molecular weight excluding hydrogens is 1130 g/mol. The minimum Gasteiger partial charge on any atom is -0.509 e. The van der Waals surface area contributed by atoms with Crippen molar-refractivity contribution in [2.45, 2.75) is 136 Å². The predicted octanol–water partition coefficient (Wildman–Crippen LogP) is 16.7. The average molecular weight is 1200 g/mol. The number of hydrogen-bond donors (Lipinski definition) is 0. The Kier molecular flexibility index (Phi) is 12.8. The van der Waals surface area contributed by atoms with Crippen molar-refractivity contribution in [2.24, 2.45) is 23.7 Å². The molecule has 4 fully saturated rings. The third kappa shape index (κ3) is 8.89. The molecule has 0 unspecified atom stereocenters. The molecule has 0 amide bonds. The van der Waals surface area contributed by atoms with Gasteiger partial charge in [0.2, 0.25) is 0 Å². The van der Waals surface area contributed by atoms with Crippen molar-refractivity contribution in [2.75, 3.05) is 9.80 Å².